The molecule has 0 fully saturated rings. The molecule has 0 saturated heterocycles. The van der Waals surface area contributed by atoms with Gasteiger partial charge in [0.25, 0.3) is 0 Å². The van der Waals surface area contributed by atoms with Crippen LogP contribution < -0.4 is 5.32 Å². The number of alkyl halides is 9. The number of carbonyl (C=O) groups is 1. The molecule has 33 heavy (non-hydrogen) atoms. The minimum Gasteiger partial charge on any atom is -0.423 e. The molecule has 1 unspecified atom stereocenters. The summed E-state index contributed by atoms with van der Waals surface area (Å²) < 4.78 is 127. The number of esters is 1. The summed E-state index contributed by atoms with van der Waals surface area (Å²) in [5, 5.41) is 1.83. The number of fused-ring (bicyclic) bond motifs is 3. The Bertz CT molecular complexity index is 1210. The first kappa shape index (κ1) is 22.8. The summed E-state index contributed by atoms with van der Waals surface area (Å²) in [7, 11) is 0. The van der Waals surface area contributed by atoms with E-state index in [2.05, 4.69) is 9.72 Å². The molecule has 0 bridgehead atoms. The van der Waals surface area contributed by atoms with Crippen molar-refractivity contribution in [3.8, 4) is 0 Å². The number of nitrogens with one attached hydrogen (secondary N) is 2. The Morgan fingerprint density at radius 1 is 0.879 bits per heavy atom. The molecule has 3 aromatic rings. The minimum absolute atomic E-state index is 0.0769. The number of aromatic amines is 1. The van der Waals surface area contributed by atoms with Gasteiger partial charge in [-0.2, -0.15) is 39.5 Å². The Hall–Kier alpha value is -3.38. The third-order valence-electron chi connectivity index (χ3n) is 5.06. The predicted molar refractivity (Wildman–Crippen MR) is 95.9 cm³/mol. The van der Waals surface area contributed by atoms with Crippen LogP contribution in [0, 0.1) is 0 Å². The van der Waals surface area contributed by atoms with Crippen molar-refractivity contribution in [1.29, 1.82) is 0 Å². The van der Waals surface area contributed by atoms with Gasteiger partial charge >= 0.3 is 30.2 Å². The standard InChI is InChI=1S/C20H11F9N2O2/c21-18(22,23)9-5-10(19(24,25)26)7-11(6-9)31-17(20(27,28)29)16-13(8-15(32)33-17)12-3-1-2-4-14(12)30-16/h1-7,30-31H,8H2. The van der Waals surface area contributed by atoms with Crippen LogP contribution in [0.15, 0.2) is 42.5 Å². The minimum atomic E-state index is -5.48. The van der Waals surface area contributed by atoms with Crippen LogP contribution in [0.2, 0.25) is 0 Å². The number of anilines is 1. The first-order valence-electron chi connectivity index (χ1n) is 9.08. The second-order valence-corrected chi connectivity index (χ2v) is 7.27. The van der Waals surface area contributed by atoms with Gasteiger partial charge in [0.1, 0.15) is 0 Å². The van der Waals surface area contributed by atoms with Crippen molar-refractivity contribution in [2.75, 3.05) is 5.32 Å². The number of hydrogen-bond acceptors (Lipinski definition) is 3. The third-order valence-corrected chi connectivity index (χ3v) is 5.06. The maximum Gasteiger partial charge on any atom is 0.455 e. The van der Waals surface area contributed by atoms with Crippen LogP contribution in [0.3, 0.4) is 0 Å². The Morgan fingerprint density at radius 3 is 2.00 bits per heavy atom. The van der Waals surface area contributed by atoms with Crippen LogP contribution in [0.4, 0.5) is 45.2 Å². The van der Waals surface area contributed by atoms with Crippen LogP contribution in [0.5, 0.6) is 0 Å². The molecule has 4 rings (SSSR count). The molecule has 0 aliphatic carbocycles. The Labute approximate surface area is 178 Å². The first-order valence-corrected chi connectivity index (χ1v) is 9.08. The molecule has 0 saturated carbocycles. The number of rotatable bonds is 2. The molecule has 176 valence electrons. The molecule has 1 aromatic heterocycles. The van der Waals surface area contributed by atoms with Gasteiger partial charge in [0, 0.05) is 16.6 Å². The first-order chi connectivity index (χ1) is 15.1. The fourth-order valence-electron chi connectivity index (χ4n) is 3.68. The largest absolute Gasteiger partial charge is 0.455 e. The van der Waals surface area contributed by atoms with Crippen LogP contribution in [0.1, 0.15) is 22.4 Å². The fraction of sp³-hybridized carbons (Fsp3) is 0.250. The lowest BCUT2D eigenvalue weighted by Crippen LogP contribution is -2.55. The number of carbonyl (C=O) groups excluding carboxylic acids is 1. The summed E-state index contributed by atoms with van der Waals surface area (Å²) in [4.78, 5) is 14.6. The highest BCUT2D eigenvalue weighted by atomic mass is 19.4. The van der Waals surface area contributed by atoms with Crippen LogP contribution in [-0.4, -0.2) is 17.1 Å². The molecule has 13 heteroatoms. The van der Waals surface area contributed by atoms with Crippen molar-refractivity contribution in [3.05, 3.63) is 64.8 Å². The van der Waals surface area contributed by atoms with Gasteiger partial charge in [0.15, 0.2) is 0 Å². The number of ether oxygens (including phenoxy) is 1. The summed E-state index contributed by atoms with van der Waals surface area (Å²) in [5.41, 5.74) is -9.36. The topological polar surface area (TPSA) is 54.1 Å². The van der Waals surface area contributed by atoms with Gasteiger partial charge in [-0.05, 0) is 29.8 Å². The quantitative estimate of drug-likeness (QED) is 0.341. The fourth-order valence-corrected chi connectivity index (χ4v) is 3.68. The lowest BCUT2D eigenvalue weighted by atomic mass is 9.96. The molecule has 2 aromatic carbocycles. The number of H-pyrrole nitrogens is 1. The van der Waals surface area contributed by atoms with Crippen LogP contribution >= 0.6 is 0 Å². The van der Waals surface area contributed by atoms with Crippen molar-refractivity contribution < 1.29 is 49.0 Å². The average Bonchev–Trinajstić information content (AvgIpc) is 3.04. The maximum atomic E-state index is 14.3. The molecule has 4 nitrogen and oxygen atoms in total. The van der Waals surface area contributed by atoms with Gasteiger partial charge in [-0.15, -0.1) is 0 Å². The van der Waals surface area contributed by atoms with Crippen molar-refractivity contribution in [2.24, 2.45) is 0 Å². The van der Waals surface area contributed by atoms with E-state index in [0.29, 0.717) is 0 Å². The summed E-state index contributed by atoms with van der Waals surface area (Å²) in [6.45, 7) is 0. The van der Waals surface area contributed by atoms with E-state index in [4.69, 9.17) is 0 Å². The predicted octanol–water partition coefficient (Wildman–Crippen LogP) is 6.13. The van der Waals surface area contributed by atoms with E-state index >= 15 is 0 Å². The summed E-state index contributed by atoms with van der Waals surface area (Å²) in [5.74, 6) is -1.37. The monoisotopic (exact) mass is 482 g/mol. The van der Waals surface area contributed by atoms with E-state index < -0.39 is 59.2 Å². The Kier molecular flexibility index (Phi) is 4.88. The van der Waals surface area contributed by atoms with E-state index in [1.807, 2.05) is 0 Å². The van der Waals surface area contributed by atoms with E-state index in [1.54, 1.807) is 5.32 Å². The molecule has 0 spiro atoms. The van der Waals surface area contributed by atoms with Gasteiger partial charge in [-0.1, -0.05) is 18.2 Å². The molecule has 1 aliphatic heterocycles. The van der Waals surface area contributed by atoms with E-state index in [9.17, 15) is 44.3 Å². The molecule has 0 amide bonds. The van der Waals surface area contributed by atoms with E-state index in [0.717, 1.165) is 0 Å². The second-order valence-electron chi connectivity index (χ2n) is 7.27. The second kappa shape index (κ2) is 7.06. The van der Waals surface area contributed by atoms with Gasteiger partial charge in [0.2, 0.25) is 0 Å². The SMILES string of the molecule is O=C1Cc2c([nH]c3ccccc23)C(Nc2cc(C(F)(F)F)cc(C(F)(F)F)c2)(C(F)(F)F)O1. The highest BCUT2D eigenvalue weighted by molar-refractivity contribution is 5.91. The molecule has 2 heterocycles. The smallest absolute Gasteiger partial charge is 0.423 e. The van der Waals surface area contributed by atoms with Crippen LogP contribution in [-0.2, 0) is 34.0 Å². The zero-order valence-electron chi connectivity index (χ0n) is 16.0. The number of hydrogen-bond donors (Lipinski definition) is 2. The number of halogens is 9. The van der Waals surface area contributed by atoms with E-state index in [-0.39, 0.29) is 34.7 Å². The van der Waals surface area contributed by atoms with Crippen molar-refractivity contribution in [2.45, 2.75) is 30.7 Å². The number of cyclic esters (lactones) is 1. The lowest BCUT2D eigenvalue weighted by molar-refractivity contribution is -0.269. The summed E-state index contributed by atoms with van der Waals surface area (Å²) in [6, 6.07) is 5.70. The van der Waals surface area contributed by atoms with E-state index in [1.165, 1.54) is 24.3 Å². The molecule has 2 N–H and O–H groups in total. The zero-order valence-corrected chi connectivity index (χ0v) is 16.0. The lowest BCUT2D eigenvalue weighted by Gasteiger charge is -2.39. The molecule has 1 atom stereocenters. The molecular weight excluding hydrogens is 471 g/mol. The molecule has 0 radical (unpaired) electrons. The van der Waals surface area contributed by atoms with Gasteiger partial charge in [-0.3, -0.25) is 4.79 Å². The number of benzene rings is 2. The van der Waals surface area contributed by atoms with Gasteiger partial charge in [-0.25, -0.2) is 0 Å². The molecule has 1 aliphatic rings. The van der Waals surface area contributed by atoms with Crippen LogP contribution in [0.25, 0.3) is 10.9 Å². The Balaban J connectivity index is 1.96. The normalized spacial score (nSPS) is 19.4. The highest BCUT2D eigenvalue weighted by Crippen LogP contribution is 2.48. The highest BCUT2D eigenvalue weighted by Gasteiger charge is 2.64. The Morgan fingerprint density at radius 2 is 1.45 bits per heavy atom. The number of aromatic nitrogens is 1. The zero-order chi connectivity index (χ0) is 24.4. The number of para-hydroxylation sites is 1. The maximum absolute atomic E-state index is 14.3. The average molecular weight is 482 g/mol. The van der Waals surface area contributed by atoms with Crippen molar-refractivity contribution in [1.82, 2.24) is 4.98 Å². The van der Waals surface area contributed by atoms with Crippen molar-refractivity contribution >= 4 is 22.6 Å². The van der Waals surface area contributed by atoms with Gasteiger partial charge < -0.3 is 15.0 Å². The summed E-state index contributed by atoms with van der Waals surface area (Å²) >= 11 is 0. The van der Waals surface area contributed by atoms with Crippen molar-refractivity contribution in [3.63, 3.8) is 0 Å². The molecular formula is C20H11F9N2O2. The summed E-state index contributed by atoms with van der Waals surface area (Å²) in [6.07, 6.45) is -16.7. The van der Waals surface area contributed by atoms with Gasteiger partial charge in [0.05, 0.1) is 23.2 Å². The third kappa shape index (κ3) is 3.85.